The van der Waals surface area contributed by atoms with Crippen molar-refractivity contribution in [3.05, 3.63) is 57.8 Å². The third kappa shape index (κ3) is 3.49. The molecule has 0 bridgehead atoms. The number of methoxy groups -OCH3 is 1. The molecule has 2 aromatic rings. The van der Waals surface area contributed by atoms with E-state index in [4.69, 9.17) is 15.2 Å². The zero-order valence-electron chi connectivity index (χ0n) is 11.0. The minimum Gasteiger partial charge on any atom is -0.493 e. The van der Waals surface area contributed by atoms with Crippen LogP contribution in [0.2, 0.25) is 0 Å². The summed E-state index contributed by atoms with van der Waals surface area (Å²) < 4.78 is 24.7. The van der Waals surface area contributed by atoms with Crippen LogP contribution in [0.25, 0.3) is 0 Å². The van der Waals surface area contributed by atoms with Crippen LogP contribution in [0.3, 0.4) is 0 Å². The summed E-state index contributed by atoms with van der Waals surface area (Å²) in [5.41, 5.74) is 7.41. The summed E-state index contributed by atoms with van der Waals surface area (Å²) in [6, 6.07) is 10.0. The van der Waals surface area contributed by atoms with Gasteiger partial charge in [0.05, 0.1) is 7.11 Å². The Bertz CT molecular complexity index is 604. The highest BCUT2D eigenvalue weighted by Crippen LogP contribution is 2.29. The molecule has 0 spiro atoms. The van der Waals surface area contributed by atoms with Crippen LogP contribution < -0.4 is 15.2 Å². The molecular formula is C15H15BrFNO2. The third-order valence-corrected chi connectivity index (χ3v) is 3.60. The van der Waals surface area contributed by atoms with E-state index in [-0.39, 0.29) is 5.82 Å². The Labute approximate surface area is 125 Å². The molecule has 0 aliphatic rings. The van der Waals surface area contributed by atoms with Crippen LogP contribution >= 0.6 is 15.9 Å². The molecule has 0 unspecified atom stereocenters. The van der Waals surface area contributed by atoms with Gasteiger partial charge in [0.1, 0.15) is 12.4 Å². The highest BCUT2D eigenvalue weighted by Gasteiger charge is 2.07. The number of benzene rings is 2. The molecule has 5 heteroatoms. The van der Waals surface area contributed by atoms with E-state index < -0.39 is 0 Å². The Kier molecular flexibility index (Phi) is 4.98. The fraction of sp³-hybridized carbons (Fsp3) is 0.200. The van der Waals surface area contributed by atoms with Crippen LogP contribution in [-0.2, 0) is 13.2 Å². The standard InChI is InChI=1S/C15H15BrFNO2/c1-19-15-6-10(8-18)2-5-14(15)20-9-11-3-4-12(17)7-13(11)16/h2-7H,8-9,18H2,1H3. The Balaban J connectivity index is 2.14. The molecule has 0 aromatic heterocycles. The lowest BCUT2D eigenvalue weighted by atomic mass is 10.2. The molecule has 0 aliphatic heterocycles. The number of hydrogen-bond donors (Lipinski definition) is 1. The quantitative estimate of drug-likeness (QED) is 0.904. The molecule has 2 N–H and O–H groups in total. The van der Waals surface area contributed by atoms with E-state index in [9.17, 15) is 4.39 Å². The van der Waals surface area contributed by atoms with Gasteiger partial charge >= 0.3 is 0 Å². The second-order valence-corrected chi connectivity index (χ2v) is 5.07. The lowest BCUT2D eigenvalue weighted by Crippen LogP contribution is -2.01. The van der Waals surface area contributed by atoms with Gasteiger partial charge in [-0.15, -0.1) is 0 Å². The van der Waals surface area contributed by atoms with Crippen molar-refractivity contribution in [2.75, 3.05) is 7.11 Å². The summed E-state index contributed by atoms with van der Waals surface area (Å²) in [7, 11) is 1.58. The summed E-state index contributed by atoms with van der Waals surface area (Å²) in [6.45, 7) is 0.763. The first-order valence-electron chi connectivity index (χ1n) is 6.07. The van der Waals surface area contributed by atoms with E-state index in [2.05, 4.69) is 15.9 Å². The largest absolute Gasteiger partial charge is 0.493 e. The summed E-state index contributed by atoms with van der Waals surface area (Å²) >= 11 is 3.31. The smallest absolute Gasteiger partial charge is 0.161 e. The van der Waals surface area contributed by atoms with Gasteiger partial charge in [-0.25, -0.2) is 4.39 Å². The molecular weight excluding hydrogens is 325 g/mol. The van der Waals surface area contributed by atoms with Crippen LogP contribution in [0.4, 0.5) is 4.39 Å². The van der Waals surface area contributed by atoms with Gasteiger partial charge in [-0.3, -0.25) is 0 Å². The van der Waals surface area contributed by atoms with Crippen LogP contribution in [0, 0.1) is 5.82 Å². The Morgan fingerprint density at radius 2 is 1.95 bits per heavy atom. The lowest BCUT2D eigenvalue weighted by Gasteiger charge is -2.12. The average Bonchev–Trinajstić information content (AvgIpc) is 2.46. The normalized spacial score (nSPS) is 10.4. The van der Waals surface area contributed by atoms with Crippen LogP contribution in [-0.4, -0.2) is 7.11 Å². The van der Waals surface area contributed by atoms with Gasteiger partial charge in [0.25, 0.3) is 0 Å². The molecule has 0 saturated heterocycles. The van der Waals surface area contributed by atoms with Gasteiger partial charge in [0.15, 0.2) is 11.5 Å². The van der Waals surface area contributed by atoms with E-state index >= 15 is 0 Å². The highest BCUT2D eigenvalue weighted by molar-refractivity contribution is 9.10. The van der Waals surface area contributed by atoms with Gasteiger partial charge in [0, 0.05) is 16.6 Å². The zero-order valence-corrected chi connectivity index (χ0v) is 12.6. The lowest BCUT2D eigenvalue weighted by molar-refractivity contribution is 0.283. The highest BCUT2D eigenvalue weighted by atomic mass is 79.9. The van der Waals surface area contributed by atoms with Crippen molar-refractivity contribution in [3.63, 3.8) is 0 Å². The predicted molar refractivity (Wildman–Crippen MR) is 79.3 cm³/mol. The molecule has 0 heterocycles. The molecule has 2 rings (SSSR count). The van der Waals surface area contributed by atoms with E-state index in [0.717, 1.165) is 11.1 Å². The maximum absolute atomic E-state index is 13.0. The van der Waals surface area contributed by atoms with E-state index in [1.807, 2.05) is 18.2 Å². The number of halogens is 2. The van der Waals surface area contributed by atoms with Crippen molar-refractivity contribution in [3.8, 4) is 11.5 Å². The van der Waals surface area contributed by atoms with Crippen LogP contribution in [0.1, 0.15) is 11.1 Å². The zero-order chi connectivity index (χ0) is 14.5. The van der Waals surface area contributed by atoms with E-state index in [1.54, 1.807) is 13.2 Å². The molecule has 0 atom stereocenters. The monoisotopic (exact) mass is 339 g/mol. The van der Waals surface area contributed by atoms with E-state index in [1.165, 1.54) is 12.1 Å². The molecule has 0 fully saturated rings. The number of hydrogen-bond acceptors (Lipinski definition) is 3. The minimum absolute atomic E-state index is 0.287. The van der Waals surface area contributed by atoms with Crippen molar-refractivity contribution >= 4 is 15.9 Å². The van der Waals surface area contributed by atoms with Crippen molar-refractivity contribution in [2.24, 2.45) is 5.73 Å². The summed E-state index contributed by atoms with van der Waals surface area (Å²) in [4.78, 5) is 0. The fourth-order valence-electron chi connectivity index (χ4n) is 1.75. The first-order valence-corrected chi connectivity index (χ1v) is 6.87. The molecule has 20 heavy (non-hydrogen) atoms. The Morgan fingerprint density at radius 3 is 2.60 bits per heavy atom. The molecule has 0 amide bonds. The number of ether oxygens (including phenoxy) is 2. The summed E-state index contributed by atoms with van der Waals surface area (Å²) in [5, 5.41) is 0. The van der Waals surface area contributed by atoms with Crippen molar-refractivity contribution in [1.29, 1.82) is 0 Å². The molecule has 2 aromatic carbocycles. The summed E-state index contributed by atoms with van der Waals surface area (Å²) in [6.07, 6.45) is 0. The van der Waals surface area contributed by atoms with Gasteiger partial charge in [-0.05, 0) is 29.8 Å². The summed E-state index contributed by atoms with van der Waals surface area (Å²) in [5.74, 6) is 0.970. The minimum atomic E-state index is -0.287. The topological polar surface area (TPSA) is 44.5 Å². The molecule has 0 saturated carbocycles. The SMILES string of the molecule is COc1cc(CN)ccc1OCc1ccc(F)cc1Br. The van der Waals surface area contributed by atoms with Crippen LogP contribution in [0.5, 0.6) is 11.5 Å². The predicted octanol–water partition coefficient (Wildman–Crippen LogP) is 3.63. The van der Waals surface area contributed by atoms with Crippen molar-refractivity contribution < 1.29 is 13.9 Å². The Hall–Kier alpha value is -1.59. The average molecular weight is 340 g/mol. The number of rotatable bonds is 5. The molecule has 0 radical (unpaired) electrons. The van der Waals surface area contributed by atoms with Gasteiger partial charge < -0.3 is 15.2 Å². The second kappa shape index (κ2) is 6.72. The first kappa shape index (κ1) is 14.8. The van der Waals surface area contributed by atoms with Crippen LogP contribution in [0.15, 0.2) is 40.9 Å². The third-order valence-electron chi connectivity index (χ3n) is 2.86. The van der Waals surface area contributed by atoms with E-state index in [0.29, 0.717) is 29.1 Å². The van der Waals surface area contributed by atoms with Gasteiger partial charge in [-0.1, -0.05) is 28.1 Å². The van der Waals surface area contributed by atoms with Crippen molar-refractivity contribution in [1.82, 2.24) is 0 Å². The maximum atomic E-state index is 13.0. The molecule has 3 nitrogen and oxygen atoms in total. The molecule has 0 aliphatic carbocycles. The first-order chi connectivity index (χ1) is 9.63. The maximum Gasteiger partial charge on any atom is 0.161 e. The molecule has 106 valence electrons. The van der Waals surface area contributed by atoms with Gasteiger partial charge in [-0.2, -0.15) is 0 Å². The Morgan fingerprint density at radius 1 is 1.15 bits per heavy atom. The number of nitrogens with two attached hydrogens (primary N) is 1. The van der Waals surface area contributed by atoms with Crippen molar-refractivity contribution in [2.45, 2.75) is 13.2 Å². The second-order valence-electron chi connectivity index (χ2n) is 4.21. The van der Waals surface area contributed by atoms with Gasteiger partial charge in [0.2, 0.25) is 0 Å². The fourth-order valence-corrected chi connectivity index (χ4v) is 2.22.